The van der Waals surface area contributed by atoms with Crippen LogP contribution in [0.1, 0.15) is 84.5 Å². The van der Waals surface area contributed by atoms with E-state index in [4.69, 9.17) is 4.74 Å². The molecule has 2 spiro atoms. The average molecular weight is 373 g/mol. The van der Waals surface area contributed by atoms with E-state index in [2.05, 4.69) is 13.8 Å². The second kappa shape index (κ2) is 4.83. The summed E-state index contributed by atoms with van der Waals surface area (Å²) in [4.78, 5) is 13.1. The van der Waals surface area contributed by atoms with Gasteiger partial charge in [-0.2, -0.15) is 0 Å². The fourth-order valence-electron chi connectivity index (χ4n) is 10.8. The highest BCUT2D eigenvalue weighted by Gasteiger charge is 2.87. The van der Waals surface area contributed by atoms with Crippen LogP contribution in [0.5, 0.6) is 0 Å². The lowest BCUT2D eigenvalue weighted by Gasteiger charge is -2.62. The van der Waals surface area contributed by atoms with Gasteiger partial charge in [0.1, 0.15) is 11.4 Å². The Bertz CT molecular complexity index is 710. The number of Topliss-reactive ketones (excluding diaryl/α,β-unsaturated/α-hetero) is 1. The molecule has 0 saturated heterocycles. The number of ketones is 1. The second-order valence-electron chi connectivity index (χ2n) is 11.8. The van der Waals surface area contributed by atoms with Gasteiger partial charge in [0.25, 0.3) is 0 Å². The Morgan fingerprint density at radius 1 is 1.04 bits per heavy atom. The molecule has 0 heterocycles. The lowest BCUT2D eigenvalue weighted by atomic mass is 9.43. The molecule has 6 rings (SSSR count). The first-order chi connectivity index (χ1) is 12.8. The first kappa shape index (κ1) is 17.4. The second-order valence-corrected chi connectivity index (χ2v) is 11.8. The fourth-order valence-corrected chi connectivity index (χ4v) is 10.8. The summed E-state index contributed by atoms with van der Waals surface area (Å²) in [5, 5.41) is 12.2. The van der Waals surface area contributed by atoms with Crippen molar-refractivity contribution in [3.05, 3.63) is 0 Å². The molecule has 4 bridgehead atoms. The molecule has 3 nitrogen and oxygen atoms in total. The number of carbonyl (C=O) groups is 1. The molecule has 0 radical (unpaired) electrons. The highest BCUT2D eigenvalue weighted by molar-refractivity contribution is 5.88. The SMILES string of the molecule is CO[C@@H]1CC(=O)[C@@H]2[C@@H]3C[C@H]4CC[C@@]5(CCC6(CCCC6)C5)[C@]3(C)[C@@]4(C)[C@]21O. The van der Waals surface area contributed by atoms with Gasteiger partial charge in [-0.05, 0) is 79.4 Å². The van der Waals surface area contributed by atoms with Gasteiger partial charge in [-0.25, -0.2) is 0 Å². The van der Waals surface area contributed by atoms with Gasteiger partial charge in [0.05, 0.1) is 12.0 Å². The zero-order valence-corrected chi connectivity index (χ0v) is 17.4. The number of rotatable bonds is 1. The third-order valence-electron chi connectivity index (χ3n) is 12.0. The molecule has 6 fully saturated rings. The van der Waals surface area contributed by atoms with Crippen molar-refractivity contribution in [2.24, 2.45) is 39.4 Å². The quantitative estimate of drug-likeness (QED) is 0.737. The zero-order chi connectivity index (χ0) is 18.9. The van der Waals surface area contributed by atoms with Crippen LogP contribution >= 0.6 is 0 Å². The van der Waals surface area contributed by atoms with Crippen LogP contribution in [-0.4, -0.2) is 29.7 Å². The summed E-state index contributed by atoms with van der Waals surface area (Å²) < 4.78 is 5.80. The Morgan fingerprint density at radius 2 is 1.78 bits per heavy atom. The van der Waals surface area contributed by atoms with Gasteiger partial charge in [0.15, 0.2) is 0 Å². The van der Waals surface area contributed by atoms with Gasteiger partial charge in [-0.1, -0.05) is 26.7 Å². The molecule has 8 atom stereocenters. The minimum Gasteiger partial charge on any atom is -0.386 e. The van der Waals surface area contributed by atoms with Crippen molar-refractivity contribution in [3.63, 3.8) is 0 Å². The maximum absolute atomic E-state index is 13.1. The lowest BCUT2D eigenvalue weighted by molar-refractivity contribution is -0.222. The largest absolute Gasteiger partial charge is 0.386 e. The molecule has 1 N–H and O–H groups in total. The van der Waals surface area contributed by atoms with Crippen LogP contribution in [0.4, 0.5) is 0 Å². The van der Waals surface area contributed by atoms with Crippen molar-refractivity contribution in [1.29, 1.82) is 0 Å². The van der Waals surface area contributed by atoms with Crippen molar-refractivity contribution in [2.45, 2.75) is 96.2 Å². The smallest absolute Gasteiger partial charge is 0.141 e. The summed E-state index contributed by atoms with van der Waals surface area (Å²) in [7, 11) is 1.70. The first-order valence-corrected chi connectivity index (χ1v) is 11.6. The lowest BCUT2D eigenvalue weighted by Crippen LogP contribution is -2.63. The summed E-state index contributed by atoms with van der Waals surface area (Å²) in [6.45, 7) is 4.89. The monoisotopic (exact) mass is 372 g/mol. The van der Waals surface area contributed by atoms with Gasteiger partial charge >= 0.3 is 0 Å². The maximum atomic E-state index is 13.1. The van der Waals surface area contributed by atoms with Crippen molar-refractivity contribution in [2.75, 3.05) is 7.11 Å². The molecule has 0 aliphatic heterocycles. The predicted molar refractivity (Wildman–Crippen MR) is 103 cm³/mol. The van der Waals surface area contributed by atoms with E-state index in [1.54, 1.807) is 7.11 Å². The summed E-state index contributed by atoms with van der Waals surface area (Å²) >= 11 is 0. The minimum absolute atomic E-state index is 0.0846. The number of carbonyl (C=O) groups excluding carboxylic acids is 1. The van der Waals surface area contributed by atoms with E-state index in [1.165, 1.54) is 57.8 Å². The van der Waals surface area contributed by atoms with Crippen LogP contribution in [0.15, 0.2) is 0 Å². The Balaban J connectivity index is 1.52. The molecular formula is C24H36O3. The molecule has 0 aromatic carbocycles. The first-order valence-electron chi connectivity index (χ1n) is 11.6. The van der Waals surface area contributed by atoms with E-state index in [1.807, 2.05) is 0 Å². The van der Waals surface area contributed by atoms with Crippen molar-refractivity contribution in [1.82, 2.24) is 0 Å². The third-order valence-corrected chi connectivity index (χ3v) is 12.0. The molecule has 0 aromatic rings. The van der Waals surface area contributed by atoms with E-state index in [0.29, 0.717) is 29.1 Å². The average Bonchev–Trinajstić information content (AvgIpc) is 3.37. The zero-order valence-electron chi connectivity index (χ0n) is 17.4. The minimum atomic E-state index is -0.944. The van der Waals surface area contributed by atoms with E-state index in [-0.39, 0.29) is 28.6 Å². The normalized spacial score (nSPS) is 60.1. The highest BCUT2D eigenvalue weighted by Crippen LogP contribution is 2.87. The summed E-state index contributed by atoms with van der Waals surface area (Å²) in [6.07, 6.45) is 13.6. The Kier molecular flexibility index (Phi) is 3.12. The molecular weight excluding hydrogens is 336 g/mol. The number of fused-ring (bicyclic) bond motifs is 2. The van der Waals surface area contributed by atoms with Crippen molar-refractivity contribution < 1.29 is 14.6 Å². The number of methoxy groups -OCH3 is 1. The summed E-state index contributed by atoms with van der Waals surface area (Å²) in [5.41, 5.74) is -0.120. The van der Waals surface area contributed by atoms with Crippen LogP contribution in [0.25, 0.3) is 0 Å². The Hall–Kier alpha value is -0.410. The molecule has 6 aliphatic rings. The molecule has 6 saturated carbocycles. The molecule has 0 aromatic heterocycles. The molecule has 6 aliphatic carbocycles. The van der Waals surface area contributed by atoms with Crippen LogP contribution in [0, 0.1) is 39.4 Å². The molecule has 0 amide bonds. The standard InChI is InChI=1S/C24H36O3/c1-20-15-6-9-23(11-10-22(14-23)7-4-5-8-22)21(20,2)16(12-15)19-17(25)13-18(27-3)24(19,20)26/h15-16,18-19,26H,4-14H2,1-3H3/t15-,16+,18-,19+,20+,21+,23+,24-/m1/s1. The highest BCUT2D eigenvalue weighted by atomic mass is 16.5. The topological polar surface area (TPSA) is 46.5 Å². The van der Waals surface area contributed by atoms with Gasteiger partial charge < -0.3 is 9.84 Å². The van der Waals surface area contributed by atoms with Crippen molar-refractivity contribution >= 4 is 5.78 Å². The Labute approximate surface area is 163 Å². The van der Waals surface area contributed by atoms with Crippen LogP contribution in [-0.2, 0) is 9.53 Å². The number of hydrogen-bond acceptors (Lipinski definition) is 3. The maximum Gasteiger partial charge on any atom is 0.141 e. The number of ether oxygens (including phenoxy) is 1. The van der Waals surface area contributed by atoms with Gasteiger partial charge in [-0.15, -0.1) is 0 Å². The predicted octanol–water partition coefficient (Wildman–Crippen LogP) is 4.51. The van der Waals surface area contributed by atoms with E-state index in [9.17, 15) is 9.90 Å². The number of aliphatic hydroxyl groups is 1. The molecule has 0 unspecified atom stereocenters. The third kappa shape index (κ3) is 1.53. The molecule has 27 heavy (non-hydrogen) atoms. The van der Waals surface area contributed by atoms with Crippen molar-refractivity contribution in [3.8, 4) is 0 Å². The Morgan fingerprint density at radius 3 is 2.48 bits per heavy atom. The molecule has 3 heteroatoms. The van der Waals surface area contributed by atoms with Gasteiger partial charge in [-0.3, -0.25) is 4.79 Å². The van der Waals surface area contributed by atoms with E-state index < -0.39 is 5.60 Å². The fraction of sp³-hybridized carbons (Fsp3) is 0.958. The van der Waals surface area contributed by atoms with E-state index in [0.717, 1.165) is 6.42 Å². The summed E-state index contributed by atoms with van der Waals surface area (Å²) in [6, 6.07) is 0. The molecule has 150 valence electrons. The van der Waals surface area contributed by atoms with Gasteiger partial charge in [0.2, 0.25) is 0 Å². The summed E-state index contributed by atoms with van der Waals surface area (Å²) in [5.74, 6) is 1.03. The van der Waals surface area contributed by atoms with Crippen LogP contribution < -0.4 is 0 Å². The van der Waals surface area contributed by atoms with Crippen LogP contribution in [0.2, 0.25) is 0 Å². The number of hydrogen-bond donors (Lipinski definition) is 1. The van der Waals surface area contributed by atoms with E-state index >= 15 is 0 Å². The van der Waals surface area contributed by atoms with Gasteiger partial charge in [0, 0.05) is 18.9 Å². The van der Waals surface area contributed by atoms with Crippen LogP contribution in [0.3, 0.4) is 0 Å².